The molecule has 0 atom stereocenters. The third-order valence-corrected chi connectivity index (χ3v) is 22.5. The second-order valence-electron chi connectivity index (χ2n) is 18.4. The van der Waals surface area contributed by atoms with Crippen molar-refractivity contribution in [1.82, 2.24) is 4.98 Å². The van der Waals surface area contributed by atoms with Crippen molar-refractivity contribution >= 4 is 55.7 Å². The van der Waals surface area contributed by atoms with Crippen molar-refractivity contribution in [1.29, 1.82) is 0 Å². The van der Waals surface area contributed by atoms with Gasteiger partial charge in [-0.05, 0) is 70.6 Å². The van der Waals surface area contributed by atoms with Gasteiger partial charge in [-0.3, -0.25) is 9.78 Å². The number of hydrogen-bond donors (Lipinski definition) is 1. The molecule has 0 amide bonds. The van der Waals surface area contributed by atoms with Crippen molar-refractivity contribution in [2.75, 3.05) is 0 Å². The molecule has 6 heteroatoms. The van der Waals surface area contributed by atoms with Gasteiger partial charge in [0, 0.05) is 54.6 Å². The molecule has 2 aliphatic rings. The number of nitrogens with zero attached hydrogens (tertiary/aromatic N) is 1. The number of fused-ring (bicyclic) bond motifs is 2. The summed E-state index contributed by atoms with van der Waals surface area (Å²) in [5.74, 6) is 0.547. The molecule has 2 saturated carbocycles. The first kappa shape index (κ1) is 47.2. The molecule has 1 N–H and O–H groups in total. The molecule has 5 aromatic rings. The first-order valence-corrected chi connectivity index (χ1v) is 25.8. The number of benzene rings is 3. The van der Waals surface area contributed by atoms with Gasteiger partial charge >= 0.3 is 0 Å². The van der Waals surface area contributed by atoms with Crippen LogP contribution in [0.25, 0.3) is 32.1 Å². The van der Waals surface area contributed by atoms with Crippen LogP contribution in [0.2, 0.25) is 11.1 Å². The molecule has 3 nitrogen and oxygen atoms in total. The summed E-state index contributed by atoms with van der Waals surface area (Å²) in [6, 6.07) is 29.3. The molecule has 0 aliphatic heterocycles. The monoisotopic (exact) mass is 1010 g/mol. The fourth-order valence-corrected chi connectivity index (χ4v) is 20.8. The molecule has 7 rings (SSSR count). The molecule has 2 aromatic heterocycles. The van der Waals surface area contributed by atoms with E-state index < -0.39 is 8.07 Å². The van der Waals surface area contributed by atoms with E-state index in [-0.39, 0.29) is 48.9 Å². The van der Waals surface area contributed by atoms with Crippen molar-refractivity contribution in [2.45, 2.75) is 162 Å². The molecule has 2 aliphatic carbocycles. The average Bonchev–Trinajstić information content (AvgIpc) is 3.58. The van der Waals surface area contributed by atoms with E-state index in [9.17, 15) is 9.90 Å². The number of carbonyl (C=O) groups excluding carboxylic acids is 1. The SMILES string of the molecule is CCC(CC)C(=O)/C=C(\O)C(CC)CC.Cc1c([Si](c2ccccc2)(C2CCCCC2)C2CCCCC2)sc2c(-c3[c-]c4ccccc4c(C(C)(C)C)c3)nccc12.[Ir]. The van der Waals surface area contributed by atoms with Gasteiger partial charge in [-0.1, -0.05) is 177 Å². The van der Waals surface area contributed by atoms with Crippen LogP contribution in [-0.4, -0.2) is 23.9 Å². The molecule has 0 unspecified atom stereocenters. The second kappa shape index (κ2) is 21.3. The number of aromatic nitrogens is 1. The Morgan fingerprint density at radius 3 is 1.93 bits per heavy atom. The minimum atomic E-state index is -2.10. The molecular formula is C53H70IrNO2SSi-. The maximum Gasteiger partial charge on any atom is 0.162 e. The molecule has 3 aromatic carbocycles. The Morgan fingerprint density at radius 2 is 1.37 bits per heavy atom. The first-order valence-electron chi connectivity index (χ1n) is 22.8. The van der Waals surface area contributed by atoms with Gasteiger partial charge in [0.2, 0.25) is 0 Å². The maximum absolute atomic E-state index is 11.7. The van der Waals surface area contributed by atoms with Crippen LogP contribution >= 0.6 is 11.3 Å². The summed E-state index contributed by atoms with van der Waals surface area (Å²) in [5.41, 5.74) is 6.88. The number of allylic oxidation sites excluding steroid dienone is 2. The Hall–Kier alpha value is -2.89. The zero-order valence-electron chi connectivity index (χ0n) is 37.3. The summed E-state index contributed by atoms with van der Waals surface area (Å²) in [6.07, 6.45) is 21.0. The molecular weight excluding hydrogens is 935 g/mol. The molecule has 2 heterocycles. The predicted molar refractivity (Wildman–Crippen MR) is 254 cm³/mol. The molecule has 0 spiro atoms. The molecule has 319 valence electrons. The summed E-state index contributed by atoms with van der Waals surface area (Å²) in [5, 5.41) is 15.4. The van der Waals surface area contributed by atoms with Crippen LogP contribution in [0, 0.1) is 24.8 Å². The van der Waals surface area contributed by atoms with E-state index in [0.717, 1.165) is 48.0 Å². The first-order chi connectivity index (χ1) is 28.0. The third kappa shape index (κ3) is 10.1. The fraction of sp³-hybridized carbons (Fsp3) is 0.509. The van der Waals surface area contributed by atoms with Crippen molar-refractivity contribution in [2.24, 2.45) is 11.8 Å². The number of aryl methyl sites for hydroxylation is 1. The fourth-order valence-electron chi connectivity index (χ4n) is 10.6. The van der Waals surface area contributed by atoms with Crippen LogP contribution in [0.3, 0.4) is 0 Å². The van der Waals surface area contributed by atoms with Crippen molar-refractivity contribution in [3.8, 4) is 11.3 Å². The number of carbonyl (C=O) groups is 1. The minimum absolute atomic E-state index is 0. The Balaban J connectivity index is 0.000000355. The van der Waals surface area contributed by atoms with Gasteiger partial charge in [-0.25, -0.2) is 0 Å². The van der Waals surface area contributed by atoms with Crippen molar-refractivity contribution < 1.29 is 30.0 Å². The zero-order chi connectivity index (χ0) is 41.5. The topological polar surface area (TPSA) is 50.2 Å². The quantitative estimate of drug-likeness (QED) is 0.0586. The van der Waals surface area contributed by atoms with Crippen molar-refractivity contribution in [3.63, 3.8) is 0 Å². The number of ketones is 1. The van der Waals surface area contributed by atoms with E-state index in [1.165, 1.54) is 96.7 Å². The number of aliphatic hydroxyl groups excluding tert-OH is 1. The van der Waals surface area contributed by atoms with Crippen molar-refractivity contribution in [3.05, 3.63) is 102 Å². The van der Waals surface area contributed by atoms with Crippen LogP contribution in [0.5, 0.6) is 0 Å². The summed E-state index contributed by atoms with van der Waals surface area (Å²) in [6.45, 7) is 17.5. The summed E-state index contributed by atoms with van der Waals surface area (Å²) < 4.78 is 3.14. The standard InChI is InChI=1S/C40H46NSSi.C13H24O2.Ir/c1-28-34-24-25-41-37(30-26-29-16-14-15-23-35(29)36(27-30)40(2,3)4)38(34)42-39(28)43(31-17-8-5-9-18-31,32-19-10-6-11-20-32)33-21-12-7-13-22-33;1-5-10(6-2)12(14)9-13(15)11(7-3)8-4;/h5,8-9,14-18,23-25,27,32-33H,6-7,10-13,19-22H2,1-4H3;9-11,14H,5-8H2,1-4H3;/q-1;;/b;12-9-;. The Morgan fingerprint density at radius 1 is 0.814 bits per heavy atom. The van der Waals surface area contributed by atoms with Crippen LogP contribution in [-0.2, 0) is 30.3 Å². The molecule has 1 radical (unpaired) electrons. The van der Waals surface area contributed by atoms with E-state index in [1.807, 2.05) is 27.7 Å². The van der Waals surface area contributed by atoms with E-state index >= 15 is 0 Å². The number of aliphatic hydroxyl groups is 1. The minimum Gasteiger partial charge on any atom is -0.512 e. The van der Waals surface area contributed by atoms with Gasteiger partial charge in [0.05, 0.1) is 5.76 Å². The predicted octanol–water partition coefficient (Wildman–Crippen LogP) is 14.6. The van der Waals surface area contributed by atoms with Gasteiger partial charge < -0.3 is 5.11 Å². The normalized spacial score (nSPS) is 16.0. The van der Waals surface area contributed by atoms with Crippen LogP contribution in [0.4, 0.5) is 0 Å². The number of rotatable bonds is 12. The van der Waals surface area contributed by atoms with E-state index in [0.29, 0.717) is 0 Å². The second-order valence-corrected chi connectivity index (χ2v) is 24.2. The Kier molecular flexibility index (Phi) is 17.0. The zero-order valence-corrected chi connectivity index (χ0v) is 41.5. The van der Waals surface area contributed by atoms with Crippen LogP contribution < -0.4 is 9.69 Å². The van der Waals surface area contributed by atoms with Gasteiger partial charge in [0.25, 0.3) is 0 Å². The Labute approximate surface area is 375 Å². The maximum atomic E-state index is 11.7. The third-order valence-electron chi connectivity index (χ3n) is 13.9. The summed E-state index contributed by atoms with van der Waals surface area (Å²) in [7, 11) is -2.10. The number of thiophene rings is 1. The van der Waals surface area contributed by atoms with Crippen LogP contribution in [0.1, 0.15) is 149 Å². The van der Waals surface area contributed by atoms with Gasteiger partial charge in [-0.2, -0.15) is 11.3 Å². The smallest absolute Gasteiger partial charge is 0.162 e. The molecule has 0 bridgehead atoms. The largest absolute Gasteiger partial charge is 0.512 e. The van der Waals surface area contributed by atoms with E-state index in [2.05, 4.69) is 118 Å². The summed E-state index contributed by atoms with van der Waals surface area (Å²) in [4.78, 5) is 16.9. The molecule has 59 heavy (non-hydrogen) atoms. The average molecular weight is 1010 g/mol. The van der Waals surface area contributed by atoms with E-state index in [1.54, 1.807) is 15.3 Å². The van der Waals surface area contributed by atoms with Gasteiger partial charge in [0.15, 0.2) is 5.78 Å². The Bertz CT molecular complexity index is 2130. The molecule has 2 fully saturated rings. The van der Waals surface area contributed by atoms with E-state index in [4.69, 9.17) is 4.98 Å². The van der Waals surface area contributed by atoms with Crippen LogP contribution in [0.15, 0.2) is 84.8 Å². The number of pyridine rings is 1. The van der Waals surface area contributed by atoms with Gasteiger partial charge in [0.1, 0.15) is 8.07 Å². The number of hydrogen-bond acceptors (Lipinski definition) is 4. The van der Waals surface area contributed by atoms with Gasteiger partial charge in [-0.15, -0.1) is 29.1 Å². The molecule has 0 saturated heterocycles. The summed E-state index contributed by atoms with van der Waals surface area (Å²) >= 11 is 2.13.